The van der Waals surface area contributed by atoms with Crippen molar-refractivity contribution in [1.82, 2.24) is 4.90 Å². The van der Waals surface area contributed by atoms with E-state index in [4.69, 9.17) is 10.5 Å². The maximum Gasteiger partial charge on any atom is 0.292 e. The highest BCUT2D eigenvalue weighted by Gasteiger charge is 2.11. The molecule has 0 saturated heterocycles. The molecule has 0 aromatic heterocycles. The quantitative estimate of drug-likeness (QED) is 0.352. The Balaban J connectivity index is 2.50. The van der Waals surface area contributed by atoms with Gasteiger partial charge in [-0.05, 0) is 26.6 Å². The van der Waals surface area contributed by atoms with Gasteiger partial charge in [-0.25, -0.2) is 0 Å². The molecular weight excluding hydrogens is 222 g/mol. The molecule has 0 spiro atoms. The molecule has 1 aromatic carbocycles. The van der Waals surface area contributed by atoms with Crippen LogP contribution in [-0.2, 0) is 0 Å². The van der Waals surface area contributed by atoms with E-state index in [1.54, 1.807) is 6.07 Å². The van der Waals surface area contributed by atoms with E-state index in [0.717, 1.165) is 13.0 Å². The van der Waals surface area contributed by atoms with E-state index in [1.807, 2.05) is 14.1 Å². The Kier molecular flexibility index (Phi) is 4.71. The number of hydrogen-bond acceptors (Lipinski definition) is 5. The van der Waals surface area contributed by atoms with Crippen molar-refractivity contribution >= 4 is 11.4 Å². The molecule has 1 rings (SSSR count). The molecule has 0 atom stereocenters. The van der Waals surface area contributed by atoms with Crippen molar-refractivity contribution in [2.75, 3.05) is 33.0 Å². The Bertz CT molecular complexity index is 394. The van der Waals surface area contributed by atoms with Crippen LogP contribution >= 0.6 is 0 Å². The van der Waals surface area contributed by atoms with Crippen LogP contribution in [0.4, 0.5) is 11.4 Å². The number of rotatable bonds is 6. The fourth-order valence-electron chi connectivity index (χ4n) is 1.36. The summed E-state index contributed by atoms with van der Waals surface area (Å²) in [4.78, 5) is 12.1. The molecule has 0 fully saturated rings. The van der Waals surface area contributed by atoms with Gasteiger partial charge in [0.15, 0.2) is 0 Å². The average Bonchev–Trinajstić information content (AvgIpc) is 2.23. The Morgan fingerprint density at radius 1 is 1.47 bits per heavy atom. The molecule has 0 heterocycles. The largest absolute Gasteiger partial charge is 0.493 e. The molecule has 94 valence electrons. The predicted molar refractivity (Wildman–Crippen MR) is 66.2 cm³/mol. The average molecular weight is 239 g/mol. The summed E-state index contributed by atoms with van der Waals surface area (Å²) in [7, 11) is 3.98. The van der Waals surface area contributed by atoms with E-state index >= 15 is 0 Å². The molecule has 0 aliphatic carbocycles. The van der Waals surface area contributed by atoms with Crippen molar-refractivity contribution in [2.45, 2.75) is 6.42 Å². The van der Waals surface area contributed by atoms with Crippen molar-refractivity contribution in [1.29, 1.82) is 0 Å². The number of nitrogen functional groups attached to an aromatic ring is 1. The number of benzene rings is 1. The topological polar surface area (TPSA) is 81.6 Å². The zero-order valence-corrected chi connectivity index (χ0v) is 10.0. The fourth-order valence-corrected chi connectivity index (χ4v) is 1.36. The number of anilines is 1. The Morgan fingerprint density at radius 3 is 2.71 bits per heavy atom. The first kappa shape index (κ1) is 13.2. The van der Waals surface area contributed by atoms with E-state index in [-0.39, 0.29) is 11.4 Å². The molecule has 1 aromatic rings. The lowest BCUT2D eigenvalue weighted by atomic mass is 10.2. The van der Waals surface area contributed by atoms with Crippen LogP contribution in [-0.4, -0.2) is 37.1 Å². The van der Waals surface area contributed by atoms with Crippen LogP contribution in [0.2, 0.25) is 0 Å². The van der Waals surface area contributed by atoms with Crippen LogP contribution in [0.25, 0.3) is 0 Å². The van der Waals surface area contributed by atoms with Crippen molar-refractivity contribution < 1.29 is 9.66 Å². The molecule has 0 bridgehead atoms. The zero-order chi connectivity index (χ0) is 12.8. The van der Waals surface area contributed by atoms with Crippen LogP contribution in [0, 0.1) is 10.1 Å². The van der Waals surface area contributed by atoms with Gasteiger partial charge >= 0.3 is 0 Å². The molecular formula is C11H17N3O3. The monoisotopic (exact) mass is 239 g/mol. The van der Waals surface area contributed by atoms with Crippen molar-refractivity contribution in [3.63, 3.8) is 0 Å². The van der Waals surface area contributed by atoms with Crippen LogP contribution in [0.5, 0.6) is 5.75 Å². The smallest absolute Gasteiger partial charge is 0.292 e. The Labute approximate surface area is 100 Å². The minimum absolute atomic E-state index is 0.0920. The number of nitro groups is 1. The molecule has 0 aliphatic rings. The summed E-state index contributed by atoms with van der Waals surface area (Å²) in [5, 5.41) is 10.5. The summed E-state index contributed by atoms with van der Waals surface area (Å²) >= 11 is 0. The molecule has 2 N–H and O–H groups in total. The third-order valence-electron chi connectivity index (χ3n) is 2.21. The highest BCUT2D eigenvalue weighted by atomic mass is 16.6. The molecule has 0 unspecified atom stereocenters. The fraction of sp³-hybridized carbons (Fsp3) is 0.455. The number of nitrogens with zero attached hydrogens (tertiary/aromatic N) is 2. The standard InChI is InChI=1S/C11H17N3O3/c1-13(2)6-3-7-17-9-4-5-11(14(15)16)10(12)8-9/h4-5,8H,3,6-7,12H2,1-2H3. The van der Waals surface area contributed by atoms with Gasteiger partial charge < -0.3 is 15.4 Å². The van der Waals surface area contributed by atoms with Gasteiger partial charge in [0, 0.05) is 18.7 Å². The Hall–Kier alpha value is -1.82. The summed E-state index contributed by atoms with van der Waals surface area (Å²) in [5.74, 6) is 0.562. The van der Waals surface area contributed by atoms with E-state index in [2.05, 4.69) is 4.90 Å². The number of nitrogens with two attached hydrogens (primary N) is 1. The number of nitro benzene ring substituents is 1. The van der Waals surface area contributed by atoms with Crippen molar-refractivity contribution in [2.24, 2.45) is 0 Å². The lowest BCUT2D eigenvalue weighted by Gasteiger charge is -2.10. The van der Waals surface area contributed by atoms with Crippen LogP contribution in [0.15, 0.2) is 18.2 Å². The van der Waals surface area contributed by atoms with Crippen molar-refractivity contribution in [3.8, 4) is 5.75 Å². The first-order valence-electron chi connectivity index (χ1n) is 5.32. The molecule has 6 nitrogen and oxygen atoms in total. The van der Waals surface area contributed by atoms with Gasteiger partial charge in [-0.1, -0.05) is 0 Å². The predicted octanol–water partition coefficient (Wildman–Crippen LogP) is 1.51. The van der Waals surface area contributed by atoms with Crippen LogP contribution in [0.1, 0.15) is 6.42 Å². The highest BCUT2D eigenvalue weighted by Crippen LogP contribution is 2.25. The summed E-state index contributed by atoms with van der Waals surface area (Å²) < 4.78 is 5.44. The third kappa shape index (κ3) is 4.28. The molecule has 0 radical (unpaired) electrons. The molecule has 6 heteroatoms. The summed E-state index contributed by atoms with van der Waals surface area (Å²) in [5.41, 5.74) is 5.58. The summed E-state index contributed by atoms with van der Waals surface area (Å²) in [6.07, 6.45) is 0.893. The van der Waals surface area contributed by atoms with E-state index in [0.29, 0.717) is 12.4 Å². The lowest BCUT2D eigenvalue weighted by molar-refractivity contribution is -0.383. The number of hydrogen-bond donors (Lipinski definition) is 1. The SMILES string of the molecule is CN(C)CCCOc1ccc([N+](=O)[O-])c(N)c1. The van der Waals surface area contributed by atoms with Gasteiger partial charge in [-0.3, -0.25) is 10.1 Å². The molecule has 0 amide bonds. The van der Waals surface area contributed by atoms with Crippen LogP contribution in [0.3, 0.4) is 0 Å². The van der Waals surface area contributed by atoms with E-state index < -0.39 is 4.92 Å². The molecule has 0 saturated carbocycles. The lowest BCUT2D eigenvalue weighted by Crippen LogP contribution is -2.15. The van der Waals surface area contributed by atoms with Gasteiger partial charge in [0.1, 0.15) is 11.4 Å². The minimum atomic E-state index is -0.509. The Morgan fingerprint density at radius 2 is 2.18 bits per heavy atom. The molecule has 17 heavy (non-hydrogen) atoms. The van der Waals surface area contributed by atoms with E-state index in [1.165, 1.54) is 12.1 Å². The first-order valence-corrected chi connectivity index (χ1v) is 5.32. The second kappa shape index (κ2) is 6.05. The van der Waals surface area contributed by atoms with E-state index in [9.17, 15) is 10.1 Å². The maximum absolute atomic E-state index is 10.5. The van der Waals surface area contributed by atoms with Gasteiger partial charge in [-0.2, -0.15) is 0 Å². The van der Waals surface area contributed by atoms with Gasteiger partial charge in [0.05, 0.1) is 11.5 Å². The summed E-state index contributed by atoms with van der Waals surface area (Å²) in [6, 6.07) is 4.40. The third-order valence-corrected chi connectivity index (χ3v) is 2.21. The van der Waals surface area contributed by atoms with Gasteiger partial charge in [0.2, 0.25) is 0 Å². The highest BCUT2D eigenvalue weighted by molar-refractivity contribution is 5.60. The number of ether oxygens (including phenoxy) is 1. The van der Waals surface area contributed by atoms with Gasteiger partial charge in [-0.15, -0.1) is 0 Å². The first-order chi connectivity index (χ1) is 8.00. The molecule has 0 aliphatic heterocycles. The summed E-state index contributed by atoms with van der Waals surface area (Å²) in [6.45, 7) is 1.50. The second-order valence-electron chi connectivity index (χ2n) is 3.98. The zero-order valence-electron chi connectivity index (χ0n) is 10.0. The normalized spacial score (nSPS) is 10.5. The maximum atomic E-state index is 10.5. The minimum Gasteiger partial charge on any atom is -0.493 e. The second-order valence-corrected chi connectivity index (χ2v) is 3.98. The van der Waals surface area contributed by atoms with Gasteiger partial charge in [0.25, 0.3) is 5.69 Å². The van der Waals surface area contributed by atoms with Crippen molar-refractivity contribution in [3.05, 3.63) is 28.3 Å². The van der Waals surface area contributed by atoms with Crippen LogP contribution < -0.4 is 10.5 Å².